The second kappa shape index (κ2) is 1.86. The minimum atomic E-state index is -2.14. The van der Waals surface area contributed by atoms with Crippen LogP contribution < -0.4 is 5.73 Å². The molecule has 0 amide bonds. The van der Waals surface area contributed by atoms with Crippen molar-refractivity contribution in [1.29, 1.82) is 0 Å². The summed E-state index contributed by atoms with van der Waals surface area (Å²) in [7, 11) is 0. The third-order valence-corrected chi connectivity index (χ3v) is 0.608. The van der Waals surface area contributed by atoms with E-state index in [1.807, 2.05) is 0 Å². The van der Waals surface area contributed by atoms with Crippen LogP contribution in [-0.4, -0.2) is 15.5 Å². The highest BCUT2D eigenvalue weighted by atomic mass is 35.5. The first kappa shape index (κ1) is 7.01. The molecule has 5 heteroatoms. The predicted octanol–water partition coefficient (Wildman–Crippen LogP) is 0.161. The second-order valence-electron chi connectivity index (χ2n) is 0.928. The predicted molar refractivity (Wildman–Crippen MR) is 26.3 cm³/mol. The van der Waals surface area contributed by atoms with E-state index < -0.39 is 10.4 Å². The molecule has 0 radical (unpaired) electrons. The molecule has 0 fully saturated rings. The van der Waals surface area contributed by atoms with Gasteiger partial charge in [-0.15, -0.1) is 0 Å². The van der Waals surface area contributed by atoms with E-state index in [2.05, 4.69) is 5.73 Å². The van der Waals surface area contributed by atoms with Crippen molar-refractivity contribution in [2.75, 3.05) is 0 Å². The normalized spacial score (nSPS) is 11.3. The summed E-state index contributed by atoms with van der Waals surface area (Å²) in [6, 6.07) is 0. The summed E-state index contributed by atoms with van der Waals surface area (Å²) < 4.78 is -2.14. The van der Waals surface area contributed by atoms with Crippen molar-refractivity contribution in [2.24, 2.45) is 5.73 Å². The summed E-state index contributed by atoms with van der Waals surface area (Å²) in [5.74, 6) is -1.45. The van der Waals surface area contributed by atoms with Gasteiger partial charge < -0.3 is 5.11 Å². The number of halogens is 2. The van der Waals surface area contributed by atoms with Gasteiger partial charge in [0, 0.05) is 0 Å². The van der Waals surface area contributed by atoms with Crippen molar-refractivity contribution in [3.63, 3.8) is 0 Å². The van der Waals surface area contributed by atoms with Gasteiger partial charge in [-0.3, -0.25) is 5.73 Å². The Morgan fingerprint density at radius 3 is 1.86 bits per heavy atom. The fourth-order valence-electron chi connectivity index (χ4n) is 0. The van der Waals surface area contributed by atoms with Gasteiger partial charge in [-0.25, -0.2) is 4.79 Å². The smallest absolute Gasteiger partial charge is 0.355 e. The van der Waals surface area contributed by atoms with Gasteiger partial charge in [0.15, 0.2) is 0 Å². The number of aliphatic carboxylic acids is 1. The van der Waals surface area contributed by atoms with Crippen molar-refractivity contribution in [1.82, 2.24) is 0 Å². The van der Waals surface area contributed by atoms with Crippen LogP contribution in [0.3, 0.4) is 0 Å². The van der Waals surface area contributed by atoms with Gasteiger partial charge in [-0.05, 0) is 0 Å². The van der Waals surface area contributed by atoms with Crippen LogP contribution in [0.2, 0.25) is 0 Å². The standard InChI is InChI=1S/C2H3Cl2NO2/c3-2(4,5)1(6)7/h5H2,(H,6,7). The monoisotopic (exact) mass is 143 g/mol. The van der Waals surface area contributed by atoms with Crippen LogP contribution in [0, 0.1) is 0 Å². The van der Waals surface area contributed by atoms with E-state index in [1.165, 1.54) is 0 Å². The van der Waals surface area contributed by atoms with Crippen LogP contribution >= 0.6 is 23.2 Å². The summed E-state index contributed by atoms with van der Waals surface area (Å²) in [5.41, 5.74) is 4.61. The number of carboxylic acid groups (broad SMARTS) is 1. The van der Waals surface area contributed by atoms with E-state index in [-0.39, 0.29) is 0 Å². The average molecular weight is 144 g/mol. The Hall–Kier alpha value is 0.01000. The minimum Gasteiger partial charge on any atom is -0.478 e. The van der Waals surface area contributed by atoms with Gasteiger partial charge in [0.1, 0.15) is 0 Å². The molecule has 0 spiro atoms. The van der Waals surface area contributed by atoms with Crippen molar-refractivity contribution in [3.05, 3.63) is 0 Å². The lowest BCUT2D eigenvalue weighted by molar-refractivity contribution is -0.137. The fourth-order valence-corrected chi connectivity index (χ4v) is 0. The highest BCUT2D eigenvalue weighted by Crippen LogP contribution is 2.11. The summed E-state index contributed by atoms with van der Waals surface area (Å²) >= 11 is 9.62. The van der Waals surface area contributed by atoms with E-state index in [1.54, 1.807) is 0 Å². The molecule has 0 heterocycles. The molecular weight excluding hydrogens is 141 g/mol. The molecule has 0 aromatic heterocycles. The number of carboxylic acids is 1. The first-order valence-electron chi connectivity index (χ1n) is 1.34. The van der Waals surface area contributed by atoms with Crippen LogP contribution in [0.1, 0.15) is 0 Å². The Kier molecular flexibility index (Phi) is 1.86. The molecule has 0 aliphatic rings. The number of nitrogens with two attached hydrogens (primary N) is 1. The number of rotatable bonds is 1. The molecule has 0 aromatic rings. The minimum absolute atomic E-state index is 1.45. The Morgan fingerprint density at radius 1 is 1.71 bits per heavy atom. The summed E-state index contributed by atoms with van der Waals surface area (Å²) in [6.45, 7) is 0. The van der Waals surface area contributed by atoms with E-state index in [9.17, 15) is 4.79 Å². The number of hydrogen-bond acceptors (Lipinski definition) is 2. The van der Waals surface area contributed by atoms with Crippen molar-refractivity contribution >= 4 is 29.2 Å². The lowest BCUT2D eigenvalue weighted by atomic mass is 10.7. The topological polar surface area (TPSA) is 63.3 Å². The lowest BCUT2D eigenvalue weighted by Crippen LogP contribution is -2.35. The first-order valence-corrected chi connectivity index (χ1v) is 2.10. The quantitative estimate of drug-likeness (QED) is 0.407. The molecule has 0 aliphatic heterocycles. The van der Waals surface area contributed by atoms with Gasteiger partial charge in [0.25, 0.3) is 4.46 Å². The maximum Gasteiger partial charge on any atom is 0.355 e. The SMILES string of the molecule is NC(Cl)(Cl)C(=O)O. The van der Waals surface area contributed by atoms with Crippen molar-refractivity contribution in [2.45, 2.75) is 4.46 Å². The van der Waals surface area contributed by atoms with E-state index in [0.29, 0.717) is 0 Å². The largest absolute Gasteiger partial charge is 0.478 e. The molecule has 0 unspecified atom stereocenters. The van der Waals surface area contributed by atoms with Crippen LogP contribution in [0.25, 0.3) is 0 Å². The highest BCUT2D eigenvalue weighted by Gasteiger charge is 2.26. The maximum absolute atomic E-state index is 9.63. The van der Waals surface area contributed by atoms with Crippen LogP contribution in [-0.2, 0) is 4.79 Å². The van der Waals surface area contributed by atoms with Crippen molar-refractivity contribution in [3.8, 4) is 0 Å². The molecule has 0 bridgehead atoms. The Labute approximate surface area is 50.0 Å². The van der Waals surface area contributed by atoms with Crippen molar-refractivity contribution < 1.29 is 9.90 Å². The van der Waals surface area contributed by atoms with Gasteiger partial charge in [0.05, 0.1) is 0 Å². The van der Waals surface area contributed by atoms with E-state index in [0.717, 1.165) is 0 Å². The number of alkyl halides is 2. The molecule has 3 N–H and O–H groups in total. The number of hydrogen-bond donors (Lipinski definition) is 2. The van der Waals surface area contributed by atoms with Gasteiger partial charge in [-0.1, -0.05) is 23.2 Å². The molecular formula is C2H3Cl2NO2. The molecule has 0 saturated carbocycles. The summed E-state index contributed by atoms with van der Waals surface area (Å²) in [6.07, 6.45) is 0. The molecule has 0 atom stereocenters. The fraction of sp³-hybridized carbons (Fsp3) is 0.500. The highest BCUT2D eigenvalue weighted by molar-refractivity contribution is 6.56. The van der Waals surface area contributed by atoms with Gasteiger partial charge in [-0.2, -0.15) is 0 Å². The molecule has 42 valence electrons. The molecule has 3 nitrogen and oxygen atoms in total. The summed E-state index contributed by atoms with van der Waals surface area (Å²) in [4.78, 5) is 9.63. The zero-order valence-electron chi connectivity index (χ0n) is 3.19. The molecule has 0 saturated heterocycles. The molecule has 0 aromatic carbocycles. The van der Waals surface area contributed by atoms with Crippen LogP contribution in [0.15, 0.2) is 0 Å². The molecule has 0 aliphatic carbocycles. The van der Waals surface area contributed by atoms with Crippen LogP contribution in [0.4, 0.5) is 0 Å². The van der Waals surface area contributed by atoms with Gasteiger partial charge in [0.2, 0.25) is 0 Å². The summed E-state index contributed by atoms with van der Waals surface area (Å²) in [5, 5.41) is 7.86. The third-order valence-electron chi connectivity index (χ3n) is 0.285. The molecule has 7 heavy (non-hydrogen) atoms. The molecule has 0 rings (SSSR count). The Balaban J connectivity index is 3.79. The zero-order chi connectivity index (χ0) is 6.08. The zero-order valence-corrected chi connectivity index (χ0v) is 4.70. The average Bonchev–Trinajstić information content (AvgIpc) is 1.31. The second-order valence-corrected chi connectivity index (χ2v) is 2.31. The maximum atomic E-state index is 9.63. The first-order chi connectivity index (χ1) is 2.94. The van der Waals surface area contributed by atoms with Crippen LogP contribution in [0.5, 0.6) is 0 Å². The Morgan fingerprint density at radius 2 is 1.86 bits per heavy atom. The lowest BCUT2D eigenvalue weighted by Gasteiger charge is -2.02. The van der Waals surface area contributed by atoms with E-state index >= 15 is 0 Å². The number of carbonyl (C=O) groups is 1. The van der Waals surface area contributed by atoms with Gasteiger partial charge >= 0.3 is 5.97 Å². The Bertz CT molecular complexity index is 86.2. The third kappa shape index (κ3) is 2.68. The van der Waals surface area contributed by atoms with E-state index in [4.69, 9.17) is 28.3 Å².